The van der Waals surface area contributed by atoms with Crippen molar-refractivity contribution in [1.29, 1.82) is 0 Å². The van der Waals surface area contributed by atoms with E-state index in [1.165, 1.54) is 25.2 Å². The van der Waals surface area contributed by atoms with E-state index in [0.29, 0.717) is 19.0 Å². The third-order valence-electron chi connectivity index (χ3n) is 2.49. The molecule has 0 unspecified atom stereocenters. The van der Waals surface area contributed by atoms with Crippen molar-refractivity contribution in [3.8, 4) is 0 Å². The maximum Gasteiger partial charge on any atom is 0.271 e. The molecule has 0 atom stereocenters. The SMILES string of the molecule is Nc1cnc(C(=O)NCCOCC2CC2)cn1. The number of carbonyl (C=O) groups is 1. The van der Waals surface area contributed by atoms with Gasteiger partial charge in [-0.2, -0.15) is 0 Å². The lowest BCUT2D eigenvalue weighted by Gasteiger charge is -2.05. The molecule has 2 rings (SSSR count). The first-order chi connectivity index (χ1) is 8.25. The van der Waals surface area contributed by atoms with Gasteiger partial charge in [-0.25, -0.2) is 9.97 Å². The molecule has 0 spiro atoms. The zero-order chi connectivity index (χ0) is 12.1. The van der Waals surface area contributed by atoms with Gasteiger partial charge in [-0.1, -0.05) is 0 Å². The Balaban J connectivity index is 1.64. The number of rotatable bonds is 6. The quantitative estimate of drug-likeness (QED) is 0.689. The Morgan fingerprint density at radius 1 is 1.47 bits per heavy atom. The van der Waals surface area contributed by atoms with Gasteiger partial charge in [-0.05, 0) is 18.8 Å². The van der Waals surface area contributed by atoms with E-state index in [-0.39, 0.29) is 11.6 Å². The number of hydrogen-bond donors (Lipinski definition) is 2. The number of aromatic nitrogens is 2. The van der Waals surface area contributed by atoms with Crippen molar-refractivity contribution in [2.45, 2.75) is 12.8 Å². The molecule has 1 heterocycles. The number of nitrogens with two attached hydrogens (primary N) is 1. The van der Waals surface area contributed by atoms with Gasteiger partial charge in [0.25, 0.3) is 5.91 Å². The second-order valence-electron chi connectivity index (χ2n) is 4.10. The van der Waals surface area contributed by atoms with E-state index in [9.17, 15) is 4.79 Å². The van der Waals surface area contributed by atoms with Gasteiger partial charge in [-0.15, -0.1) is 0 Å². The lowest BCUT2D eigenvalue weighted by atomic mass is 10.4. The van der Waals surface area contributed by atoms with Crippen LogP contribution in [0.3, 0.4) is 0 Å². The highest BCUT2D eigenvalue weighted by molar-refractivity contribution is 5.91. The number of amides is 1. The van der Waals surface area contributed by atoms with E-state index in [0.717, 1.165) is 12.5 Å². The molecule has 1 aliphatic carbocycles. The van der Waals surface area contributed by atoms with Crippen LogP contribution in [0.2, 0.25) is 0 Å². The van der Waals surface area contributed by atoms with Crippen molar-refractivity contribution >= 4 is 11.7 Å². The van der Waals surface area contributed by atoms with Crippen LogP contribution in [0.1, 0.15) is 23.3 Å². The summed E-state index contributed by atoms with van der Waals surface area (Å²) >= 11 is 0. The first-order valence-corrected chi connectivity index (χ1v) is 5.69. The molecule has 1 aromatic heterocycles. The van der Waals surface area contributed by atoms with E-state index < -0.39 is 0 Å². The number of anilines is 1. The Kier molecular flexibility index (Phi) is 3.87. The van der Waals surface area contributed by atoms with Gasteiger partial charge in [0.1, 0.15) is 11.5 Å². The minimum atomic E-state index is -0.257. The molecule has 0 bridgehead atoms. The molecule has 0 aromatic carbocycles. The Morgan fingerprint density at radius 3 is 2.94 bits per heavy atom. The topological polar surface area (TPSA) is 90.1 Å². The molecule has 0 saturated heterocycles. The summed E-state index contributed by atoms with van der Waals surface area (Å²) in [4.78, 5) is 19.2. The molecule has 17 heavy (non-hydrogen) atoms. The van der Waals surface area contributed by atoms with Gasteiger partial charge in [-0.3, -0.25) is 4.79 Å². The number of carbonyl (C=O) groups excluding carboxylic acids is 1. The Labute approximate surface area is 99.6 Å². The van der Waals surface area contributed by atoms with Gasteiger partial charge in [0.2, 0.25) is 0 Å². The zero-order valence-electron chi connectivity index (χ0n) is 9.56. The number of ether oxygens (including phenoxy) is 1. The number of nitrogen functional groups attached to an aromatic ring is 1. The number of nitrogens with one attached hydrogen (secondary N) is 1. The highest BCUT2D eigenvalue weighted by atomic mass is 16.5. The van der Waals surface area contributed by atoms with Crippen LogP contribution in [-0.2, 0) is 4.74 Å². The van der Waals surface area contributed by atoms with Crippen LogP contribution in [0.4, 0.5) is 5.82 Å². The minimum absolute atomic E-state index is 0.257. The number of hydrogen-bond acceptors (Lipinski definition) is 5. The summed E-state index contributed by atoms with van der Waals surface area (Å²) in [6, 6.07) is 0. The summed E-state index contributed by atoms with van der Waals surface area (Å²) in [5.41, 5.74) is 5.64. The molecular weight excluding hydrogens is 220 g/mol. The maximum absolute atomic E-state index is 11.6. The number of nitrogens with zero attached hydrogens (tertiary/aromatic N) is 2. The molecule has 1 aromatic rings. The fourth-order valence-corrected chi connectivity index (χ4v) is 1.32. The Bertz CT molecular complexity index is 376. The first-order valence-electron chi connectivity index (χ1n) is 5.69. The zero-order valence-corrected chi connectivity index (χ0v) is 9.56. The van der Waals surface area contributed by atoms with E-state index >= 15 is 0 Å². The Hall–Kier alpha value is -1.69. The Morgan fingerprint density at radius 2 is 2.29 bits per heavy atom. The normalized spacial score (nSPS) is 14.6. The molecule has 1 fully saturated rings. The van der Waals surface area contributed by atoms with E-state index in [1.807, 2.05) is 0 Å². The van der Waals surface area contributed by atoms with Gasteiger partial charge in [0, 0.05) is 13.2 Å². The lowest BCUT2D eigenvalue weighted by Crippen LogP contribution is -2.28. The second kappa shape index (κ2) is 5.58. The highest BCUT2D eigenvalue weighted by Crippen LogP contribution is 2.28. The van der Waals surface area contributed by atoms with Gasteiger partial charge >= 0.3 is 0 Å². The second-order valence-corrected chi connectivity index (χ2v) is 4.10. The third-order valence-corrected chi connectivity index (χ3v) is 2.49. The summed E-state index contributed by atoms with van der Waals surface area (Å²) in [7, 11) is 0. The predicted octanol–water partition coefficient (Wildman–Crippen LogP) is 0.215. The summed E-state index contributed by atoms with van der Waals surface area (Å²) in [5.74, 6) is 0.788. The van der Waals surface area contributed by atoms with Crippen molar-refractivity contribution in [2.24, 2.45) is 5.92 Å². The molecule has 0 radical (unpaired) electrons. The first kappa shape index (κ1) is 11.8. The molecule has 92 valence electrons. The van der Waals surface area contributed by atoms with Crippen molar-refractivity contribution in [1.82, 2.24) is 15.3 Å². The van der Waals surface area contributed by atoms with Crippen LogP contribution in [0, 0.1) is 5.92 Å². The largest absolute Gasteiger partial charge is 0.382 e. The highest BCUT2D eigenvalue weighted by Gasteiger charge is 2.20. The van der Waals surface area contributed by atoms with Crippen LogP contribution in [0.15, 0.2) is 12.4 Å². The molecule has 6 nitrogen and oxygen atoms in total. The fourth-order valence-electron chi connectivity index (χ4n) is 1.32. The van der Waals surface area contributed by atoms with Crippen molar-refractivity contribution in [3.63, 3.8) is 0 Å². The lowest BCUT2D eigenvalue weighted by molar-refractivity contribution is 0.0901. The molecule has 1 amide bonds. The minimum Gasteiger partial charge on any atom is -0.382 e. The van der Waals surface area contributed by atoms with E-state index in [4.69, 9.17) is 10.5 Å². The molecule has 1 saturated carbocycles. The molecule has 0 aliphatic heterocycles. The summed E-state index contributed by atoms with van der Waals surface area (Å²) in [6.07, 6.45) is 5.26. The van der Waals surface area contributed by atoms with Gasteiger partial charge in [0.05, 0.1) is 19.0 Å². The van der Waals surface area contributed by atoms with Crippen LogP contribution in [0.25, 0.3) is 0 Å². The van der Waals surface area contributed by atoms with Crippen LogP contribution >= 0.6 is 0 Å². The predicted molar refractivity (Wildman–Crippen MR) is 62.3 cm³/mol. The van der Waals surface area contributed by atoms with E-state index in [2.05, 4.69) is 15.3 Å². The fraction of sp³-hybridized carbons (Fsp3) is 0.545. The molecule has 1 aliphatic rings. The molecule has 6 heteroatoms. The van der Waals surface area contributed by atoms with Crippen LogP contribution < -0.4 is 11.1 Å². The smallest absolute Gasteiger partial charge is 0.271 e. The average Bonchev–Trinajstić information content (AvgIpc) is 3.13. The summed E-state index contributed by atoms with van der Waals surface area (Å²) in [5, 5.41) is 2.71. The molecule has 3 N–H and O–H groups in total. The summed E-state index contributed by atoms with van der Waals surface area (Å²) in [6.45, 7) is 1.82. The van der Waals surface area contributed by atoms with Crippen LogP contribution in [0.5, 0.6) is 0 Å². The van der Waals surface area contributed by atoms with Crippen molar-refractivity contribution in [2.75, 3.05) is 25.5 Å². The van der Waals surface area contributed by atoms with Gasteiger partial charge < -0.3 is 15.8 Å². The van der Waals surface area contributed by atoms with Gasteiger partial charge in [0.15, 0.2) is 0 Å². The standard InChI is InChI=1S/C11H16N4O2/c12-10-6-14-9(5-15-10)11(16)13-3-4-17-7-8-1-2-8/h5-6,8H,1-4,7H2,(H2,12,15)(H,13,16). The van der Waals surface area contributed by atoms with E-state index in [1.54, 1.807) is 0 Å². The van der Waals surface area contributed by atoms with Crippen LogP contribution in [-0.4, -0.2) is 35.6 Å². The monoisotopic (exact) mass is 236 g/mol. The average molecular weight is 236 g/mol. The molecular formula is C11H16N4O2. The maximum atomic E-state index is 11.6. The van der Waals surface area contributed by atoms with Crippen molar-refractivity contribution in [3.05, 3.63) is 18.1 Å². The third kappa shape index (κ3) is 3.99. The summed E-state index contributed by atoms with van der Waals surface area (Å²) < 4.78 is 5.39. The van der Waals surface area contributed by atoms with Crippen molar-refractivity contribution < 1.29 is 9.53 Å².